The summed E-state index contributed by atoms with van der Waals surface area (Å²) in [5.41, 5.74) is 1.71. The average Bonchev–Trinajstić information content (AvgIpc) is 2.55. The average molecular weight is 309 g/mol. The fourth-order valence-corrected chi connectivity index (χ4v) is 2.90. The molecule has 1 heterocycles. The van der Waals surface area contributed by atoms with Gasteiger partial charge in [0.25, 0.3) is 5.56 Å². The standard InChI is InChI=1S/C18H19N3O2/c1-19(2)15-10-9-12-7-5-6-8-13(12)16(15)14-11-20(3)18(23)21(4)17(14)22/h5-11H,1-4H3. The van der Waals surface area contributed by atoms with E-state index < -0.39 is 0 Å². The molecule has 0 radical (unpaired) electrons. The first kappa shape index (κ1) is 15.1. The predicted molar refractivity (Wildman–Crippen MR) is 94.2 cm³/mol. The molecular weight excluding hydrogens is 290 g/mol. The Balaban J connectivity index is 2.52. The van der Waals surface area contributed by atoms with Gasteiger partial charge in [-0.15, -0.1) is 0 Å². The van der Waals surface area contributed by atoms with Crippen molar-refractivity contribution >= 4 is 16.5 Å². The highest BCUT2D eigenvalue weighted by molar-refractivity contribution is 6.02. The third kappa shape index (κ3) is 2.34. The first-order valence-electron chi connectivity index (χ1n) is 7.38. The van der Waals surface area contributed by atoms with Gasteiger partial charge in [-0.3, -0.25) is 9.36 Å². The van der Waals surface area contributed by atoms with Gasteiger partial charge in [-0.2, -0.15) is 0 Å². The first-order valence-corrected chi connectivity index (χ1v) is 7.38. The van der Waals surface area contributed by atoms with Crippen LogP contribution in [0, 0.1) is 0 Å². The lowest BCUT2D eigenvalue weighted by Crippen LogP contribution is -2.37. The fraction of sp³-hybridized carbons (Fsp3) is 0.222. The minimum atomic E-state index is -0.328. The maximum Gasteiger partial charge on any atom is 0.330 e. The molecule has 0 aliphatic rings. The van der Waals surface area contributed by atoms with Crippen molar-refractivity contribution in [3.8, 4) is 11.1 Å². The van der Waals surface area contributed by atoms with Crippen LogP contribution in [0.4, 0.5) is 5.69 Å². The molecule has 0 saturated heterocycles. The predicted octanol–water partition coefficient (Wildman–Crippen LogP) is 1.97. The molecule has 1 aromatic heterocycles. The van der Waals surface area contributed by atoms with Gasteiger partial charge in [-0.05, 0) is 16.8 Å². The van der Waals surface area contributed by atoms with Gasteiger partial charge in [0.15, 0.2) is 0 Å². The monoisotopic (exact) mass is 309 g/mol. The van der Waals surface area contributed by atoms with E-state index in [0.717, 1.165) is 26.6 Å². The molecule has 5 nitrogen and oxygen atoms in total. The van der Waals surface area contributed by atoms with E-state index in [0.29, 0.717) is 5.56 Å². The molecule has 0 amide bonds. The molecule has 0 atom stereocenters. The molecule has 0 aliphatic heterocycles. The van der Waals surface area contributed by atoms with E-state index in [1.807, 2.05) is 55.4 Å². The lowest BCUT2D eigenvalue weighted by Gasteiger charge is -2.20. The van der Waals surface area contributed by atoms with Crippen molar-refractivity contribution in [3.05, 3.63) is 63.4 Å². The first-order chi connectivity index (χ1) is 10.9. The highest BCUT2D eigenvalue weighted by Gasteiger charge is 2.17. The molecule has 0 fully saturated rings. The van der Waals surface area contributed by atoms with E-state index in [2.05, 4.69) is 0 Å². The van der Waals surface area contributed by atoms with Crippen molar-refractivity contribution in [2.45, 2.75) is 0 Å². The van der Waals surface area contributed by atoms with Crippen LogP contribution in [0.15, 0.2) is 52.2 Å². The lowest BCUT2D eigenvalue weighted by atomic mass is 9.97. The molecule has 0 spiro atoms. The molecular formula is C18H19N3O2. The van der Waals surface area contributed by atoms with Crippen LogP contribution in [0.25, 0.3) is 21.9 Å². The van der Waals surface area contributed by atoms with E-state index in [1.165, 1.54) is 11.6 Å². The number of aromatic nitrogens is 2. The molecule has 5 heteroatoms. The minimum absolute atomic E-state index is 0.285. The van der Waals surface area contributed by atoms with E-state index in [4.69, 9.17) is 0 Å². The molecule has 23 heavy (non-hydrogen) atoms. The summed E-state index contributed by atoms with van der Waals surface area (Å²) in [6.45, 7) is 0. The summed E-state index contributed by atoms with van der Waals surface area (Å²) in [5, 5.41) is 2.05. The number of rotatable bonds is 2. The number of hydrogen-bond acceptors (Lipinski definition) is 3. The number of fused-ring (bicyclic) bond motifs is 1. The van der Waals surface area contributed by atoms with Crippen LogP contribution >= 0.6 is 0 Å². The third-order valence-corrected chi connectivity index (χ3v) is 4.10. The van der Waals surface area contributed by atoms with E-state index in [9.17, 15) is 9.59 Å². The molecule has 3 rings (SSSR count). The zero-order valence-electron chi connectivity index (χ0n) is 13.7. The van der Waals surface area contributed by atoms with Crippen molar-refractivity contribution < 1.29 is 0 Å². The number of aryl methyl sites for hydroxylation is 1. The molecule has 0 unspecified atom stereocenters. The van der Waals surface area contributed by atoms with Gasteiger partial charge in [0.2, 0.25) is 0 Å². The fourth-order valence-electron chi connectivity index (χ4n) is 2.90. The van der Waals surface area contributed by atoms with Gasteiger partial charge in [0, 0.05) is 45.6 Å². The Labute approximate surface area is 134 Å². The Bertz CT molecular complexity index is 1010. The van der Waals surface area contributed by atoms with Crippen molar-refractivity contribution in [1.29, 1.82) is 0 Å². The molecule has 0 N–H and O–H groups in total. The molecule has 0 saturated carbocycles. The smallest absolute Gasteiger partial charge is 0.330 e. The Morgan fingerprint density at radius 3 is 2.35 bits per heavy atom. The van der Waals surface area contributed by atoms with Crippen LogP contribution in [0.5, 0.6) is 0 Å². The van der Waals surface area contributed by atoms with Gasteiger partial charge in [0.05, 0.1) is 5.56 Å². The summed E-state index contributed by atoms with van der Waals surface area (Å²) >= 11 is 0. The SMILES string of the molecule is CN(C)c1ccc2ccccc2c1-c1cn(C)c(=O)n(C)c1=O. The quantitative estimate of drug-likeness (QED) is 0.727. The highest BCUT2D eigenvalue weighted by Crippen LogP contribution is 2.35. The van der Waals surface area contributed by atoms with Gasteiger partial charge in [-0.25, -0.2) is 4.79 Å². The Kier molecular flexibility index (Phi) is 3.56. The lowest BCUT2D eigenvalue weighted by molar-refractivity contribution is 0.689. The molecule has 2 aromatic carbocycles. The van der Waals surface area contributed by atoms with Crippen LogP contribution in [0.1, 0.15) is 0 Å². The van der Waals surface area contributed by atoms with Gasteiger partial charge in [0.1, 0.15) is 0 Å². The normalized spacial score (nSPS) is 11.0. The summed E-state index contributed by atoms with van der Waals surface area (Å²) in [7, 11) is 7.06. The Hall–Kier alpha value is -2.82. The van der Waals surface area contributed by atoms with E-state index >= 15 is 0 Å². The van der Waals surface area contributed by atoms with Crippen molar-refractivity contribution in [3.63, 3.8) is 0 Å². The van der Waals surface area contributed by atoms with Crippen molar-refractivity contribution in [2.75, 3.05) is 19.0 Å². The van der Waals surface area contributed by atoms with Gasteiger partial charge < -0.3 is 9.47 Å². The number of nitrogens with zero attached hydrogens (tertiary/aromatic N) is 3. The van der Waals surface area contributed by atoms with Crippen molar-refractivity contribution in [2.24, 2.45) is 14.1 Å². The third-order valence-electron chi connectivity index (χ3n) is 4.10. The second kappa shape index (κ2) is 5.43. The molecule has 118 valence electrons. The maximum atomic E-state index is 12.7. The minimum Gasteiger partial charge on any atom is -0.377 e. The van der Waals surface area contributed by atoms with Crippen LogP contribution < -0.4 is 16.1 Å². The highest BCUT2D eigenvalue weighted by atomic mass is 16.2. The second-order valence-electron chi connectivity index (χ2n) is 5.88. The topological polar surface area (TPSA) is 47.2 Å². The number of hydrogen-bond donors (Lipinski definition) is 0. The Morgan fingerprint density at radius 1 is 0.957 bits per heavy atom. The van der Waals surface area contributed by atoms with E-state index in [1.54, 1.807) is 13.2 Å². The molecule has 0 bridgehead atoms. The largest absolute Gasteiger partial charge is 0.377 e. The summed E-state index contributed by atoms with van der Waals surface area (Å²) in [6, 6.07) is 12.0. The van der Waals surface area contributed by atoms with Crippen LogP contribution in [-0.2, 0) is 14.1 Å². The summed E-state index contributed by atoms with van der Waals surface area (Å²) < 4.78 is 2.59. The van der Waals surface area contributed by atoms with Crippen LogP contribution in [-0.4, -0.2) is 23.2 Å². The molecule has 3 aromatic rings. The Morgan fingerprint density at radius 2 is 1.65 bits per heavy atom. The van der Waals surface area contributed by atoms with Gasteiger partial charge in [-0.1, -0.05) is 30.3 Å². The molecule has 0 aliphatic carbocycles. The maximum absolute atomic E-state index is 12.7. The van der Waals surface area contributed by atoms with E-state index in [-0.39, 0.29) is 11.2 Å². The van der Waals surface area contributed by atoms with Gasteiger partial charge >= 0.3 is 5.69 Å². The van der Waals surface area contributed by atoms with Crippen LogP contribution in [0.2, 0.25) is 0 Å². The summed E-state index contributed by atoms with van der Waals surface area (Å²) in [6.07, 6.45) is 1.62. The summed E-state index contributed by atoms with van der Waals surface area (Å²) in [5.74, 6) is 0. The zero-order valence-corrected chi connectivity index (χ0v) is 13.7. The summed E-state index contributed by atoms with van der Waals surface area (Å²) in [4.78, 5) is 26.6. The zero-order chi connectivity index (χ0) is 16.7. The van der Waals surface area contributed by atoms with Crippen molar-refractivity contribution in [1.82, 2.24) is 9.13 Å². The number of anilines is 1. The second-order valence-corrected chi connectivity index (χ2v) is 5.88. The van der Waals surface area contributed by atoms with Crippen LogP contribution in [0.3, 0.4) is 0 Å². The number of benzene rings is 2.